The predicted molar refractivity (Wildman–Crippen MR) is 96.8 cm³/mol. The van der Waals surface area contributed by atoms with E-state index in [1.54, 1.807) is 6.92 Å². The highest BCUT2D eigenvalue weighted by Crippen LogP contribution is 2.25. The van der Waals surface area contributed by atoms with Gasteiger partial charge in [-0.3, -0.25) is 9.59 Å². The minimum Gasteiger partial charge on any atom is -0.466 e. The minimum absolute atomic E-state index is 0.0313. The maximum absolute atomic E-state index is 12.5. The maximum Gasteiger partial charge on any atom is 0.290 e. The van der Waals surface area contributed by atoms with Crippen LogP contribution < -0.4 is 16.6 Å². The number of ether oxygens (including phenoxy) is 1. The summed E-state index contributed by atoms with van der Waals surface area (Å²) in [5.41, 5.74) is 6.65. The summed E-state index contributed by atoms with van der Waals surface area (Å²) in [5, 5.41) is 7.17. The molecule has 0 unspecified atom stereocenters. The lowest BCUT2D eigenvalue weighted by atomic mass is 10.1. The van der Waals surface area contributed by atoms with Crippen molar-refractivity contribution >= 4 is 11.6 Å². The first-order valence-corrected chi connectivity index (χ1v) is 8.73. The van der Waals surface area contributed by atoms with Crippen LogP contribution in [0.1, 0.15) is 37.3 Å². The second-order valence-electron chi connectivity index (χ2n) is 6.62. The topological polar surface area (TPSA) is 112 Å². The first kappa shape index (κ1) is 18.2. The summed E-state index contributed by atoms with van der Waals surface area (Å²) in [6, 6.07) is 2.54. The van der Waals surface area contributed by atoms with Gasteiger partial charge in [0.1, 0.15) is 23.2 Å². The molecule has 1 fully saturated rings. The Kier molecular flexibility index (Phi) is 5.13. The quantitative estimate of drug-likeness (QED) is 0.837. The molecule has 1 aliphatic heterocycles. The molecule has 3 N–H and O–H groups in total. The summed E-state index contributed by atoms with van der Waals surface area (Å²) >= 11 is 0. The fourth-order valence-corrected chi connectivity index (χ4v) is 3.09. The van der Waals surface area contributed by atoms with Crippen LogP contribution in [0, 0.1) is 13.8 Å². The molecule has 2 aromatic heterocycles. The number of amides is 1. The van der Waals surface area contributed by atoms with Gasteiger partial charge in [0.05, 0.1) is 11.8 Å². The molecule has 1 saturated heterocycles. The Morgan fingerprint density at radius 1 is 1.46 bits per heavy atom. The van der Waals surface area contributed by atoms with Crippen molar-refractivity contribution in [2.45, 2.75) is 45.8 Å². The molecule has 140 valence electrons. The van der Waals surface area contributed by atoms with Gasteiger partial charge in [-0.25, -0.2) is 4.68 Å². The maximum atomic E-state index is 12.5. The van der Waals surface area contributed by atoms with E-state index in [0.717, 1.165) is 35.5 Å². The molecule has 2 atom stereocenters. The summed E-state index contributed by atoms with van der Waals surface area (Å²) in [5.74, 6) is 1.11. The SMILES string of the molecule is Cc1cc(-c2cc(N)c(=O)n([C@H](C)C(=O)NC[C@H]3CCCO3)n2)c(C)o1. The molecule has 0 spiro atoms. The summed E-state index contributed by atoms with van der Waals surface area (Å²) in [4.78, 5) is 24.9. The number of furan rings is 1. The van der Waals surface area contributed by atoms with Crippen molar-refractivity contribution in [1.82, 2.24) is 15.1 Å². The van der Waals surface area contributed by atoms with Gasteiger partial charge in [-0.05, 0) is 45.7 Å². The van der Waals surface area contributed by atoms with Crippen molar-refractivity contribution in [2.24, 2.45) is 0 Å². The molecule has 2 aromatic rings. The van der Waals surface area contributed by atoms with E-state index in [-0.39, 0.29) is 17.7 Å². The van der Waals surface area contributed by atoms with Gasteiger partial charge in [-0.15, -0.1) is 0 Å². The fourth-order valence-electron chi connectivity index (χ4n) is 3.09. The number of nitrogen functional groups attached to an aromatic ring is 1. The van der Waals surface area contributed by atoms with E-state index < -0.39 is 11.6 Å². The minimum atomic E-state index is -0.792. The van der Waals surface area contributed by atoms with Crippen LogP contribution in [0.25, 0.3) is 11.3 Å². The standard InChI is InChI=1S/C18H24N4O4/c1-10-7-14(12(3)26-10)16-8-15(19)18(24)22(21-16)11(2)17(23)20-9-13-5-4-6-25-13/h7-8,11,13H,4-6,9,19H2,1-3H3,(H,20,23)/t11-,13-/m1/s1. The predicted octanol–water partition coefficient (Wildman–Crippen LogP) is 1.56. The Balaban J connectivity index is 1.84. The Hall–Kier alpha value is -2.61. The highest BCUT2D eigenvalue weighted by Gasteiger charge is 2.23. The molecule has 8 heteroatoms. The Morgan fingerprint density at radius 2 is 2.23 bits per heavy atom. The van der Waals surface area contributed by atoms with Gasteiger partial charge >= 0.3 is 0 Å². The van der Waals surface area contributed by atoms with Crippen LogP contribution in [0.15, 0.2) is 21.3 Å². The Morgan fingerprint density at radius 3 is 2.85 bits per heavy atom. The number of aromatic nitrogens is 2. The van der Waals surface area contributed by atoms with Gasteiger partial charge in [0.25, 0.3) is 5.56 Å². The van der Waals surface area contributed by atoms with Gasteiger partial charge in [-0.1, -0.05) is 0 Å². The van der Waals surface area contributed by atoms with Crippen LogP contribution in [0.5, 0.6) is 0 Å². The van der Waals surface area contributed by atoms with Gasteiger partial charge in [0, 0.05) is 18.7 Å². The molecule has 0 radical (unpaired) electrons. The van der Waals surface area contributed by atoms with Crippen molar-refractivity contribution in [3.8, 4) is 11.3 Å². The van der Waals surface area contributed by atoms with Gasteiger partial charge in [0.2, 0.25) is 5.91 Å². The van der Waals surface area contributed by atoms with E-state index in [2.05, 4.69) is 10.4 Å². The van der Waals surface area contributed by atoms with Gasteiger partial charge < -0.3 is 20.2 Å². The molecule has 1 amide bonds. The van der Waals surface area contributed by atoms with E-state index in [1.165, 1.54) is 6.07 Å². The number of hydrogen-bond donors (Lipinski definition) is 2. The molecule has 0 aliphatic carbocycles. The van der Waals surface area contributed by atoms with E-state index in [4.69, 9.17) is 14.9 Å². The fraction of sp³-hybridized carbons (Fsp3) is 0.500. The molecule has 0 bridgehead atoms. The molecule has 0 saturated carbocycles. The molecular formula is C18H24N4O4. The number of hydrogen-bond acceptors (Lipinski definition) is 6. The van der Waals surface area contributed by atoms with Crippen LogP contribution in [-0.2, 0) is 9.53 Å². The van der Waals surface area contributed by atoms with Gasteiger partial charge in [-0.2, -0.15) is 5.10 Å². The number of nitrogens with zero attached hydrogens (tertiary/aromatic N) is 2. The number of nitrogens with two attached hydrogens (primary N) is 1. The number of carbonyl (C=O) groups is 1. The van der Waals surface area contributed by atoms with Crippen molar-refractivity contribution in [1.29, 1.82) is 0 Å². The lowest BCUT2D eigenvalue weighted by Gasteiger charge is -2.17. The molecule has 0 aromatic carbocycles. The monoisotopic (exact) mass is 360 g/mol. The summed E-state index contributed by atoms with van der Waals surface area (Å²) < 4.78 is 12.1. The number of aryl methyl sites for hydroxylation is 2. The second kappa shape index (κ2) is 7.33. The molecule has 3 rings (SSSR count). The first-order chi connectivity index (χ1) is 12.4. The van der Waals surface area contributed by atoms with Crippen LogP contribution in [-0.4, -0.2) is 34.9 Å². The van der Waals surface area contributed by atoms with Crippen LogP contribution >= 0.6 is 0 Å². The third-order valence-electron chi connectivity index (χ3n) is 4.55. The van der Waals surface area contributed by atoms with Crippen molar-refractivity contribution in [2.75, 3.05) is 18.9 Å². The van der Waals surface area contributed by atoms with Crippen molar-refractivity contribution < 1.29 is 13.9 Å². The number of rotatable bonds is 5. The third kappa shape index (κ3) is 3.65. The average Bonchev–Trinajstić information content (AvgIpc) is 3.23. The summed E-state index contributed by atoms with van der Waals surface area (Å²) in [6.45, 7) is 6.41. The average molecular weight is 360 g/mol. The van der Waals surface area contributed by atoms with Crippen molar-refractivity contribution in [3.05, 3.63) is 34.0 Å². The van der Waals surface area contributed by atoms with E-state index in [9.17, 15) is 9.59 Å². The Bertz CT molecular complexity index is 865. The third-order valence-corrected chi connectivity index (χ3v) is 4.55. The van der Waals surface area contributed by atoms with Crippen LogP contribution in [0.2, 0.25) is 0 Å². The molecular weight excluding hydrogens is 336 g/mol. The Labute approximate surface area is 151 Å². The van der Waals surface area contributed by atoms with Crippen LogP contribution in [0.4, 0.5) is 5.69 Å². The number of carbonyl (C=O) groups excluding carboxylic acids is 1. The summed E-state index contributed by atoms with van der Waals surface area (Å²) in [6.07, 6.45) is 1.96. The van der Waals surface area contributed by atoms with E-state index >= 15 is 0 Å². The smallest absolute Gasteiger partial charge is 0.290 e. The van der Waals surface area contributed by atoms with Crippen LogP contribution in [0.3, 0.4) is 0 Å². The van der Waals surface area contributed by atoms with Crippen molar-refractivity contribution in [3.63, 3.8) is 0 Å². The number of anilines is 1. The zero-order valence-electron chi connectivity index (χ0n) is 15.2. The zero-order chi connectivity index (χ0) is 18.8. The molecule has 1 aliphatic rings. The normalized spacial score (nSPS) is 18.0. The highest BCUT2D eigenvalue weighted by molar-refractivity contribution is 5.80. The first-order valence-electron chi connectivity index (χ1n) is 8.73. The lowest BCUT2D eigenvalue weighted by Crippen LogP contribution is -2.40. The molecule has 8 nitrogen and oxygen atoms in total. The number of nitrogens with one attached hydrogen (secondary N) is 1. The summed E-state index contributed by atoms with van der Waals surface area (Å²) in [7, 11) is 0. The van der Waals surface area contributed by atoms with Gasteiger partial charge in [0.15, 0.2) is 0 Å². The highest BCUT2D eigenvalue weighted by atomic mass is 16.5. The molecule has 26 heavy (non-hydrogen) atoms. The zero-order valence-corrected chi connectivity index (χ0v) is 15.2. The van der Waals surface area contributed by atoms with E-state index in [0.29, 0.717) is 18.0 Å². The largest absolute Gasteiger partial charge is 0.466 e. The second-order valence-corrected chi connectivity index (χ2v) is 6.62. The van der Waals surface area contributed by atoms with E-state index in [1.807, 2.05) is 19.9 Å². The lowest BCUT2D eigenvalue weighted by molar-refractivity contribution is -0.124. The molecule has 3 heterocycles.